The fourth-order valence-corrected chi connectivity index (χ4v) is 2.60. The summed E-state index contributed by atoms with van der Waals surface area (Å²) in [7, 11) is 0. The number of amides is 4. The van der Waals surface area contributed by atoms with E-state index in [-0.39, 0.29) is 17.7 Å². The molecule has 8 nitrogen and oxygen atoms in total. The molecule has 9 heteroatoms. The van der Waals surface area contributed by atoms with Gasteiger partial charge in [-0.25, -0.2) is 15.0 Å². The SMILES string of the molecule is NC(=O)[C@@H]1C[C@]2(NC(=O)N(N)C2=O)c2cc(F)ccc2O1. The van der Waals surface area contributed by atoms with Crippen molar-refractivity contribution in [1.29, 1.82) is 0 Å². The van der Waals surface area contributed by atoms with E-state index in [4.69, 9.17) is 16.3 Å². The molecule has 0 aromatic heterocycles. The zero-order valence-electron chi connectivity index (χ0n) is 10.6. The van der Waals surface area contributed by atoms with E-state index in [0.29, 0.717) is 5.01 Å². The fraction of sp³-hybridized carbons (Fsp3) is 0.250. The van der Waals surface area contributed by atoms with Crippen molar-refractivity contribution in [3.8, 4) is 5.75 Å². The second-order valence-corrected chi connectivity index (χ2v) is 4.86. The van der Waals surface area contributed by atoms with Crippen molar-refractivity contribution in [2.45, 2.75) is 18.1 Å². The normalized spacial score (nSPS) is 27.3. The zero-order chi connectivity index (χ0) is 15.4. The molecule has 2 aliphatic heterocycles. The molecule has 1 fully saturated rings. The minimum absolute atomic E-state index is 0.0930. The Balaban J connectivity index is 2.20. The first kappa shape index (κ1) is 13.3. The van der Waals surface area contributed by atoms with Crippen LogP contribution in [0.15, 0.2) is 18.2 Å². The molecule has 2 heterocycles. The van der Waals surface area contributed by atoms with E-state index >= 15 is 0 Å². The van der Waals surface area contributed by atoms with E-state index in [1.54, 1.807) is 0 Å². The van der Waals surface area contributed by atoms with Crippen molar-refractivity contribution in [3.63, 3.8) is 0 Å². The van der Waals surface area contributed by atoms with E-state index in [0.717, 1.165) is 12.1 Å². The topological polar surface area (TPSA) is 128 Å². The first-order chi connectivity index (χ1) is 9.85. The predicted molar refractivity (Wildman–Crippen MR) is 65.9 cm³/mol. The van der Waals surface area contributed by atoms with Crippen LogP contribution in [-0.2, 0) is 15.1 Å². The van der Waals surface area contributed by atoms with Gasteiger partial charge in [-0.3, -0.25) is 9.59 Å². The quantitative estimate of drug-likeness (QED) is 0.351. The summed E-state index contributed by atoms with van der Waals surface area (Å²) in [4.78, 5) is 35.4. The monoisotopic (exact) mass is 294 g/mol. The van der Waals surface area contributed by atoms with Gasteiger partial charge in [0.05, 0.1) is 0 Å². The van der Waals surface area contributed by atoms with Crippen LogP contribution < -0.4 is 21.6 Å². The molecule has 4 amide bonds. The smallest absolute Gasteiger partial charge is 0.339 e. The molecule has 2 atom stereocenters. The summed E-state index contributed by atoms with van der Waals surface area (Å²) in [5.41, 5.74) is 3.66. The highest BCUT2D eigenvalue weighted by Gasteiger charge is 2.57. The number of primary amides is 1. The van der Waals surface area contributed by atoms with Gasteiger partial charge in [0.2, 0.25) is 0 Å². The molecule has 0 bridgehead atoms. The Kier molecular flexibility index (Phi) is 2.63. The van der Waals surface area contributed by atoms with Crippen molar-refractivity contribution in [1.82, 2.24) is 10.3 Å². The number of carbonyl (C=O) groups is 3. The summed E-state index contributed by atoms with van der Waals surface area (Å²) in [5.74, 6) is 3.24. The summed E-state index contributed by atoms with van der Waals surface area (Å²) in [6.45, 7) is 0. The average Bonchev–Trinajstić information content (AvgIpc) is 2.64. The molecular formula is C12H11FN4O4. The first-order valence-corrected chi connectivity index (χ1v) is 6.02. The molecule has 3 rings (SSSR count). The maximum absolute atomic E-state index is 13.5. The lowest BCUT2D eigenvalue weighted by atomic mass is 9.81. The van der Waals surface area contributed by atoms with Gasteiger partial charge in [-0.05, 0) is 18.2 Å². The number of rotatable bonds is 1. The molecular weight excluding hydrogens is 283 g/mol. The van der Waals surface area contributed by atoms with Gasteiger partial charge in [-0.1, -0.05) is 0 Å². The zero-order valence-corrected chi connectivity index (χ0v) is 10.6. The lowest BCUT2D eigenvalue weighted by molar-refractivity contribution is -0.135. The maximum Gasteiger partial charge on any atom is 0.339 e. The summed E-state index contributed by atoms with van der Waals surface area (Å²) in [5, 5.41) is 2.78. The molecule has 1 aromatic rings. The number of nitrogens with zero attached hydrogens (tertiary/aromatic N) is 1. The lowest BCUT2D eigenvalue weighted by Gasteiger charge is -2.36. The van der Waals surface area contributed by atoms with E-state index < -0.39 is 35.3 Å². The number of imide groups is 1. The average molecular weight is 294 g/mol. The number of hydrazine groups is 1. The Bertz CT molecular complexity index is 679. The van der Waals surface area contributed by atoms with E-state index in [1.165, 1.54) is 6.07 Å². The number of carbonyl (C=O) groups excluding carboxylic acids is 3. The van der Waals surface area contributed by atoms with E-state index in [2.05, 4.69) is 5.32 Å². The van der Waals surface area contributed by atoms with Crippen LogP contribution in [0.2, 0.25) is 0 Å². The Morgan fingerprint density at radius 1 is 1.48 bits per heavy atom. The predicted octanol–water partition coefficient (Wildman–Crippen LogP) is -0.917. The fourth-order valence-electron chi connectivity index (χ4n) is 2.60. The Morgan fingerprint density at radius 2 is 2.19 bits per heavy atom. The summed E-state index contributed by atoms with van der Waals surface area (Å²) in [6.07, 6.45) is -1.39. The van der Waals surface area contributed by atoms with Gasteiger partial charge in [0.25, 0.3) is 11.8 Å². The third-order valence-electron chi connectivity index (χ3n) is 3.60. The molecule has 0 radical (unpaired) electrons. The maximum atomic E-state index is 13.5. The van der Waals surface area contributed by atoms with Gasteiger partial charge in [0.15, 0.2) is 11.6 Å². The van der Waals surface area contributed by atoms with Crippen LogP contribution in [0.5, 0.6) is 5.75 Å². The number of halogens is 1. The Labute approximate surface area is 117 Å². The second kappa shape index (κ2) is 4.16. The van der Waals surface area contributed by atoms with Gasteiger partial charge < -0.3 is 15.8 Å². The highest BCUT2D eigenvalue weighted by Crippen LogP contribution is 2.42. The number of hydrogen-bond acceptors (Lipinski definition) is 5. The highest BCUT2D eigenvalue weighted by molar-refractivity contribution is 6.07. The molecule has 1 spiro atoms. The van der Waals surface area contributed by atoms with Crippen LogP contribution in [-0.4, -0.2) is 29.0 Å². The van der Waals surface area contributed by atoms with Gasteiger partial charge in [0.1, 0.15) is 11.6 Å². The molecule has 2 aliphatic rings. The van der Waals surface area contributed by atoms with Gasteiger partial charge in [-0.2, -0.15) is 5.01 Å². The number of hydrogen-bond donors (Lipinski definition) is 3. The van der Waals surface area contributed by atoms with Crippen molar-refractivity contribution >= 4 is 17.8 Å². The minimum Gasteiger partial charge on any atom is -0.480 e. The standard InChI is InChI=1S/C12H11FN4O4/c13-5-1-2-7-6(3-5)12(4-8(21-7)9(14)18)10(19)17(15)11(20)16-12/h1-3,8H,4,15H2,(H2,14,18)(H,16,20)/t8-,12-/m0/s1. The molecule has 1 aromatic carbocycles. The number of benzene rings is 1. The summed E-state index contributed by atoms with van der Waals surface area (Å²) < 4.78 is 18.8. The van der Waals surface area contributed by atoms with Crippen LogP contribution in [0.25, 0.3) is 0 Å². The van der Waals surface area contributed by atoms with E-state index in [9.17, 15) is 18.8 Å². The largest absolute Gasteiger partial charge is 0.480 e. The number of urea groups is 1. The van der Waals surface area contributed by atoms with Crippen molar-refractivity contribution in [3.05, 3.63) is 29.6 Å². The van der Waals surface area contributed by atoms with E-state index in [1.807, 2.05) is 0 Å². The van der Waals surface area contributed by atoms with Crippen LogP contribution >= 0.6 is 0 Å². The van der Waals surface area contributed by atoms with Crippen LogP contribution in [0, 0.1) is 5.82 Å². The van der Waals surface area contributed by atoms with Gasteiger partial charge in [0, 0.05) is 12.0 Å². The van der Waals surface area contributed by atoms with Crippen LogP contribution in [0.1, 0.15) is 12.0 Å². The van der Waals surface area contributed by atoms with Crippen LogP contribution in [0.4, 0.5) is 9.18 Å². The Hall–Kier alpha value is -2.68. The molecule has 0 saturated carbocycles. The first-order valence-electron chi connectivity index (χ1n) is 6.02. The molecule has 110 valence electrons. The number of nitrogens with one attached hydrogen (secondary N) is 1. The van der Waals surface area contributed by atoms with Crippen molar-refractivity contribution in [2.24, 2.45) is 11.6 Å². The third-order valence-corrected chi connectivity index (χ3v) is 3.60. The molecule has 21 heavy (non-hydrogen) atoms. The van der Waals surface area contributed by atoms with Gasteiger partial charge >= 0.3 is 6.03 Å². The molecule has 1 saturated heterocycles. The summed E-state index contributed by atoms with van der Waals surface area (Å²) >= 11 is 0. The third kappa shape index (κ3) is 1.74. The summed E-state index contributed by atoms with van der Waals surface area (Å²) in [6, 6.07) is 2.59. The molecule has 0 unspecified atom stereocenters. The number of ether oxygens (including phenoxy) is 1. The second-order valence-electron chi connectivity index (χ2n) is 4.86. The molecule has 5 N–H and O–H groups in total. The molecule has 0 aliphatic carbocycles. The highest BCUT2D eigenvalue weighted by atomic mass is 19.1. The number of fused-ring (bicyclic) bond motifs is 2. The lowest BCUT2D eigenvalue weighted by Crippen LogP contribution is -2.53. The van der Waals surface area contributed by atoms with Crippen LogP contribution in [0.3, 0.4) is 0 Å². The number of nitrogens with two attached hydrogens (primary N) is 2. The van der Waals surface area contributed by atoms with Gasteiger partial charge in [-0.15, -0.1) is 0 Å². The Morgan fingerprint density at radius 3 is 2.76 bits per heavy atom. The van der Waals surface area contributed by atoms with Crippen molar-refractivity contribution < 1.29 is 23.5 Å². The minimum atomic E-state index is -1.65. The van der Waals surface area contributed by atoms with Crippen molar-refractivity contribution in [2.75, 3.05) is 0 Å².